The van der Waals surface area contributed by atoms with E-state index >= 15 is 0 Å². The van der Waals surface area contributed by atoms with Gasteiger partial charge < -0.3 is 9.88 Å². The van der Waals surface area contributed by atoms with Crippen molar-refractivity contribution in [2.24, 2.45) is 0 Å². The molecule has 0 aromatic carbocycles. The quantitative estimate of drug-likeness (QED) is 0.617. The van der Waals surface area contributed by atoms with Crippen LogP contribution in [0.5, 0.6) is 0 Å². The highest BCUT2D eigenvalue weighted by Gasteiger charge is 2.05. The largest absolute Gasteiger partial charge is 0.323 e. The summed E-state index contributed by atoms with van der Waals surface area (Å²) < 4.78 is 11.1. The van der Waals surface area contributed by atoms with Crippen molar-refractivity contribution >= 4 is 7.14 Å². The third-order valence-corrected chi connectivity index (χ3v) is 1.82. The monoisotopic (exact) mass is 149 g/mol. The molecule has 0 bridgehead atoms. The van der Waals surface area contributed by atoms with Gasteiger partial charge in [0.1, 0.15) is 0 Å². The fourth-order valence-electron chi connectivity index (χ4n) is 0.402. The van der Waals surface area contributed by atoms with E-state index in [1.807, 2.05) is 0 Å². The fraction of sp³-hybridized carbons (Fsp3) is 1.00. The van der Waals surface area contributed by atoms with Gasteiger partial charge in [-0.1, -0.05) is 13.8 Å². The van der Waals surface area contributed by atoms with Crippen molar-refractivity contribution in [1.82, 2.24) is 5.32 Å². The molecule has 0 saturated heterocycles. The molecule has 0 aliphatic carbocycles. The van der Waals surface area contributed by atoms with Gasteiger partial charge in [0.05, 0.1) is 7.14 Å². The lowest BCUT2D eigenvalue weighted by molar-refractivity contribution is 0.567. The molecule has 9 heavy (non-hydrogen) atoms. The molecule has 3 heteroatoms. The summed E-state index contributed by atoms with van der Waals surface area (Å²) in [5.74, 6) is 0. The summed E-state index contributed by atoms with van der Waals surface area (Å²) in [5, 5.41) is 3.12. The minimum Gasteiger partial charge on any atom is -0.323 e. The maximum atomic E-state index is 11.1. The van der Waals surface area contributed by atoms with E-state index in [0.29, 0.717) is 12.3 Å². The second-order valence-electron chi connectivity index (χ2n) is 3.09. The first kappa shape index (κ1) is 9.19. The fourth-order valence-corrected chi connectivity index (χ4v) is 1.21. The van der Waals surface area contributed by atoms with Crippen LogP contribution in [0.25, 0.3) is 0 Å². The van der Waals surface area contributed by atoms with Crippen molar-refractivity contribution in [2.75, 3.05) is 19.6 Å². The van der Waals surface area contributed by atoms with E-state index < -0.39 is 7.14 Å². The van der Waals surface area contributed by atoms with E-state index in [1.165, 1.54) is 0 Å². The van der Waals surface area contributed by atoms with Crippen molar-refractivity contribution in [3.05, 3.63) is 0 Å². The Bertz CT molecular complexity index is 116. The first-order chi connectivity index (χ1) is 3.92. The molecular formula is C6H16NOP. The standard InChI is InChI=1S/C6H16NOP/c1-6(2)7-5-9(3,4)8/h6-7H,5H2,1-4H3. The minimum atomic E-state index is -1.83. The molecule has 0 aliphatic rings. The SMILES string of the molecule is CC(C)NCP(C)(C)=O. The Morgan fingerprint density at radius 3 is 2.00 bits per heavy atom. The van der Waals surface area contributed by atoms with Gasteiger partial charge in [0.15, 0.2) is 0 Å². The summed E-state index contributed by atoms with van der Waals surface area (Å²) in [5.41, 5.74) is 0. The normalized spacial score (nSPS) is 12.6. The van der Waals surface area contributed by atoms with Gasteiger partial charge >= 0.3 is 0 Å². The molecule has 0 rings (SSSR count). The van der Waals surface area contributed by atoms with E-state index in [4.69, 9.17) is 0 Å². The van der Waals surface area contributed by atoms with Gasteiger partial charge in [-0.25, -0.2) is 0 Å². The second-order valence-corrected chi connectivity index (χ2v) is 6.55. The van der Waals surface area contributed by atoms with Crippen LogP contribution in [0, 0.1) is 0 Å². The molecule has 0 radical (unpaired) electrons. The highest BCUT2D eigenvalue weighted by atomic mass is 31.2. The topological polar surface area (TPSA) is 29.1 Å². The predicted molar refractivity (Wildman–Crippen MR) is 42.6 cm³/mol. The molecule has 0 aromatic heterocycles. The summed E-state index contributed by atoms with van der Waals surface area (Å²) in [6, 6.07) is 0.443. The van der Waals surface area contributed by atoms with Crippen molar-refractivity contribution < 1.29 is 4.57 Å². The molecule has 56 valence electrons. The average Bonchev–Trinajstić information content (AvgIpc) is 1.59. The first-order valence-corrected chi connectivity index (χ1v) is 5.98. The number of nitrogens with one attached hydrogen (secondary N) is 1. The molecular weight excluding hydrogens is 133 g/mol. The van der Waals surface area contributed by atoms with Crippen LogP contribution in [0.3, 0.4) is 0 Å². The Kier molecular flexibility index (Phi) is 3.45. The molecule has 0 fully saturated rings. The molecule has 0 amide bonds. The van der Waals surface area contributed by atoms with Crippen LogP contribution in [0.2, 0.25) is 0 Å². The predicted octanol–water partition coefficient (Wildman–Crippen LogP) is 1.56. The Balaban J connectivity index is 3.40. The molecule has 0 heterocycles. The van der Waals surface area contributed by atoms with Crippen LogP contribution < -0.4 is 5.32 Å². The lowest BCUT2D eigenvalue weighted by Crippen LogP contribution is -2.23. The average molecular weight is 149 g/mol. The molecule has 0 aliphatic heterocycles. The summed E-state index contributed by atoms with van der Waals surface area (Å²) >= 11 is 0. The van der Waals surface area contributed by atoms with Crippen LogP contribution in [0.15, 0.2) is 0 Å². The van der Waals surface area contributed by atoms with E-state index in [9.17, 15) is 4.57 Å². The van der Waals surface area contributed by atoms with Crippen molar-refractivity contribution in [3.63, 3.8) is 0 Å². The van der Waals surface area contributed by atoms with E-state index in [2.05, 4.69) is 19.2 Å². The lowest BCUT2D eigenvalue weighted by Gasteiger charge is -2.10. The van der Waals surface area contributed by atoms with E-state index in [-0.39, 0.29) is 0 Å². The van der Waals surface area contributed by atoms with Crippen molar-refractivity contribution in [1.29, 1.82) is 0 Å². The third-order valence-electron chi connectivity index (χ3n) is 0.880. The van der Waals surface area contributed by atoms with Crippen LogP contribution in [0.1, 0.15) is 13.8 Å². The summed E-state index contributed by atoms with van der Waals surface area (Å²) in [4.78, 5) is 0. The van der Waals surface area contributed by atoms with Crippen LogP contribution in [-0.4, -0.2) is 25.7 Å². The maximum Gasteiger partial charge on any atom is 0.0949 e. The zero-order valence-corrected chi connectivity index (χ0v) is 7.53. The van der Waals surface area contributed by atoms with Gasteiger partial charge in [0.25, 0.3) is 0 Å². The summed E-state index contributed by atoms with van der Waals surface area (Å²) in [6.07, 6.45) is 0.657. The molecule has 0 unspecified atom stereocenters. The highest BCUT2D eigenvalue weighted by molar-refractivity contribution is 7.62. The Labute approximate surface area is 57.4 Å². The molecule has 0 spiro atoms. The smallest absolute Gasteiger partial charge is 0.0949 e. The van der Waals surface area contributed by atoms with Gasteiger partial charge in [0.2, 0.25) is 0 Å². The Morgan fingerprint density at radius 2 is 1.89 bits per heavy atom. The van der Waals surface area contributed by atoms with Crippen LogP contribution in [0.4, 0.5) is 0 Å². The number of rotatable bonds is 3. The number of hydrogen-bond acceptors (Lipinski definition) is 2. The van der Waals surface area contributed by atoms with Gasteiger partial charge in [0, 0.05) is 12.3 Å². The van der Waals surface area contributed by atoms with Crippen LogP contribution in [-0.2, 0) is 4.57 Å². The molecule has 0 aromatic rings. The van der Waals surface area contributed by atoms with Crippen molar-refractivity contribution in [2.45, 2.75) is 19.9 Å². The Hall–Kier alpha value is 0.190. The van der Waals surface area contributed by atoms with Gasteiger partial charge in [-0.3, -0.25) is 0 Å². The molecule has 0 saturated carbocycles. The zero-order valence-electron chi connectivity index (χ0n) is 6.64. The maximum absolute atomic E-state index is 11.1. The molecule has 0 atom stereocenters. The molecule has 2 nitrogen and oxygen atoms in total. The second kappa shape index (κ2) is 3.38. The zero-order chi connectivity index (χ0) is 7.49. The van der Waals surface area contributed by atoms with Gasteiger partial charge in [-0.2, -0.15) is 0 Å². The highest BCUT2D eigenvalue weighted by Crippen LogP contribution is 2.33. The minimum absolute atomic E-state index is 0.443. The lowest BCUT2D eigenvalue weighted by atomic mass is 10.4. The molecule has 1 N–H and O–H groups in total. The van der Waals surface area contributed by atoms with Gasteiger partial charge in [-0.05, 0) is 13.3 Å². The summed E-state index contributed by atoms with van der Waals surface area (Å²) in [6.45, 7) is 7.69. The van der Waals surface area contributed by atoms with Crippen molar-refractivity contribution in [3.8, 4) is 0 Å². The van der Waals surface area contributed by atoms with Crippen LogP contribution >= 0.6 is 7.14 Å². The summed E-state index contributed by atoms with van der Waals surface area (Å²) in [7, 11) is -1.83. The van der Waals surface area contributed by atoms with E-state index in [1.54, 1.807) is 13.3 Å². The first-order valence-electron chi connectivity index (χ1n) is 3.19. The third kappa shape index (κ3) is 8.19. The number of hydrogen-bond donors (Lipinski definition) is 1. The Morgan fingerprint density at radius 1 is 1.44 bits per heavy atom. The van der Waals surface area contributed by atoms with Gasteiger partial charge in [-0.15, -0.1) is 0 Å². The van der Waals surface area contributed by atoms with E-state index in [0.717, 1.165) is 0 Å².